The molecule has 1 fully saturated rings. The number of amidine groups is 1. The fraction of sp³-hybridized carbons (Fsp3) is 0.361. The number of piperidine rings is 1. The van der Waals surface area contributed by atoms with Crippen molar-refractivity contribution in [2.45, 2.75) is 51.0 Å². The summed E-state index contributed by atoms with van der Waals surface area (Å²) in [6.45, 7) is 8.73. The molecule has 3 aromatic rings. The Morgan fingerprint density at radius 2 is 1.57 bits per heavy atom. The number of hydrogen-bond donors (Lipinski definition) is 2. The lowest BCUT2D eigenvalue weighted by atomic mass is 9.93. The Balaban J connectivity index is 1.51. The van der Waals surface area contributed by atoms with E-state index >= 15 is 0 Å². The summed E-state index contributed by atoms with van der Waals surface area (Å²) in [4.78, 5) is 35.3. The molecule has 8 nitrogen and oxygen atoms in total. The van der Waals surface area contributed by atoms with Gasteiger partial charge in [0.05, 0.1) is 30.3 Å². The number of rotatable bonds is 10. The van der Waals surface area contributed by atoms with E-state index in [1.807, 2.05) is 31.2 Å². The molecule has 0 aromatic heterocycles. The lowest BCUT2D eigenvalue weighted by Crippen LogP contribution is -2.52. The Bertz CT molecular complexity index is 1690. The smallest absolute Gasteiger partial charge is 0.416 e. The van der Waals surface area contributed by atoms with Crippen LogP contribution in [-0.4, -0.2) is 66.4 Å². The van der Waals surface area contributed by atoms with Gasteiger partial charge in [0.15, 0.2) is 0 Å². The molecule has 0 aliphatic carbocycles. The number of alkyl halides is 3. The number of hydrogen-bond acceptors (Lipinski definition) is 5. The van der Waals surface area contributed by atoms with E-state index in [9.17, 15) is 22.8 Å². The monoisotopic (exact) mass is 715 g/mol. The van der Waals surface area contributed by atoms with Crippen molar-refractivity contribution in [3.63, 3.8) is 0 Å². The first-order chi connectivity index (χ1) is 23.3. The summed E-state index contributed by atoms with van der Waals surface area (Å²) in [5, 5.41) is 7.10. The standard InChI is InChI=1S/C36H38Cl2F3N5O3/c1-4-49-30-19-25(36(39,40)41)9-14-29(30)34-44-32(23-5-10-26(37)11-6-23)33(24-7-12-27(38)13-8-24)46(34)35(48)45-17-15-28(16-18-45)42-21-31(47)43-20-22(2)3/h5-14,19,28,32-33,42H,2,4,15-18,20-21H2,1,3H3,(H,43,47). The number of benzene rings is 3. The van der Waals surface area contributed by atoms with Gasteiger partial charge in [-0.15, -0.1) is 0 Å². The number of likely N-dealkylation sites (tertiary alicyclic amines) is 1. The van der Waals surface area contributed by atoms with Crippen LogP contribution in [0.1, 0.15) is 61.0 Å². The van der Waals surface area contributed by atoms with Gasteiger partial charge in [-0.05, 0) is 80.3 Å². The van der Waals surface area contributed by atoms with Crippen molar-refractivity contribution in [2.75, 3.05) is 32.8 Å². The van der Waals surface area contributed by atoms with Crippen molar-refractivity contribution in [3.8, 4) is 5.75 Å². The van der Waals surface area contributed by atoms with Crippen LogP contribution < -0.4 is 15.4 Å². The van der Waals surface area contributed by atoms with E-state index in [2.05, 4.69) is 17.2 Å². The van der Waals surface area contributed by atoms with E-state index in [0.717, 1.165) is 28.8 Å². The van der Waals surface area contributed by atoms with Gasteiger partial charge in [-0.25, -0.2) is 4.79 Å². The van der Waals surface area contributed by atoms with E-state index in [-0.39, 0.29) is 48.3 Å². The molecule has 3 aromatic carbocycles. The minimum Gasteiger partial charge on any atom is -0.493 e. The number of nitrogens with one attached hydrogen (secondary N) is 2. The molecule has 5 rings (SSSR count). The predicted molar refractivity (Wildman–Crippen MR) is 185 cm³/mol. The topological polar surface area (TPSA) is 86.3 Å². The van der Waals surface area contributed by atoms with Crippen LogP contribution in [0.25, 0.3) is 0 Å². The van der Waals surface area contributed by atoms with Crippen LogP contribution in [0.3, 0.4) is 0 Å². The van der Waals surface area contributed by atoms with E-state index < -0.39 is 23.8 Å². The summed E-state index contributed by atoms with van der Waals surface area (Å²) in [6.07, 6.45) is -3.41. The molecule has 2 aliphatic rings. The third-order valence-corrected chi connectivity index (χ3v) is 8.95. The summed E-state index contributed by atoms with van der Waals surface area (Å²) in [5.74, 6) is 0.0185. The second-order valence-corrected chi connectivity index (χ2v) is 13.0. The van der Waals surface area contributed by atoms with Crippen molar-refractivity contribution >= 4 is 41.0 Å². The number of halogens is 5. The molecule has 0 spiro atoms. The largest absolute Gasteiger partial charge is 0.493 e. The Morgan fingerprint density at radius 3 is 2.14 bits per heavy atom. The average Bonchev–Trinajstić information content (AvgIpc) is 3.47. The molecule has 0 bridgehead atoms. The minimum atomic E-state index is -4.60. The molecule has 0 radical (unpaired) electrons. The van der Waals surface area contributed by atoms with Gasteiger partial charge in [-0.2, -0.15) is 13.2 Å². The van der Waals surface area contributed by atoms with Gasteiger partial charge in [0.2, 0.25) is 5.91 Å². The molecule has 2 N–H and O–H groups in total. The number of carbonyl (C=O) groups excluding carboxylic acids is 2. The van der Waals surface area contributed by atoms with Crippen molar-refractivity contribution in [1.29, 1.82) is 0 Å². The third kappa shape index (κ3) is 8.76. The molecule has 2 heterocycles. The molecular formula is C36H38Cl2F3N5O3. The summed E-state index contributed by atoms with van der Waals surface area (Å²) in [5.41, 5.74) is 1.73. The Hall–Kier alpha value is -4.06. The van der Waals surface area contributed by atoms with E-state index in [0.29, 0.717) is 42.5 Å². The number of ether oxygens (including phenoxy) is 1. The average molecular weight is 717 g/mol. The number of amides is 3. The molecule has 2 atom stereocenters. The summed E-state index contributed by atoms with van der Waals surface area (Å²) < 4.78 is 47.1. The van der Waals surface area contributed by atoms with Crippen LogP contribution in [0.5, 0.6) is 5.75 Å². The van der Waals surface area contributed by atoms with E-state index in [4.69, 9.17) is 32.9 Å². The number of nitrogens with zero attached hydrogens (tertiary/aromatic N) is 3. The zero-order valence-electron chi connectivity index (χ0n) is 27.2. The first-order valence-electron chi connectivity index (χ1n) is 16.0. The van der Waals surface area contributed by atoms with Crippen molar-refractivity contribution in [2.24, 2.45) is 4.99 Å². The fourth-order valence-electron chi connectivity index (χ4n) is 5.99. The molecule has 1 saturated heterocycles. The maximum absolute atomic E-state index is 14.7. The quantitative estimate of drug-likeness (QED) is 0.210. The predicted octanol–water partition coefficient (Wildman–Crippen LogP) is 7.82. The van der Waals surface area contributed by atoms with Crippen LogP contribution in [0.4, 0.5) is 18.0 Å². The molecule has 3 amide bonds. The van der Waals surface area contributed by atoms with Crippen molar-refractivity contribution < 1.29 is 27.5 Å². The normalized spacial score (nSPS) is 18.3. The van der Waals surface area contributed by atoms with Gasteiger partial charge in [-0.1, -0.05) is 59.6 Å². The fourth-order valence-corrected chi connectivity index (χ4v) is 6.24. The van der Waals surface area contributed by atoms with Gasteiger partial charge in [-0.3, -0.25) is 14.7 Å². The van der Waals surface area contributed by atoms with Gasteiger partial charge < -0.3 is 20.3 Å². The SMILES string of the molecule is C=C(C)CNC(=O)CNC1CCN(C(=O)N2C(c3ccc(C(F)(F)F)cc3OCC)=NC(c3ccc(Cl)cc3)C2c2ccc(Cl)cc2)CC1. The van der Waals surface area contributed by atoms with Crippen LogP contribution in [0.15, 0.2) is 83.9 Å². The van der Waals surface area contributed by atoms with Gasteiger partial charge in [0.1, 0.15) is 17.6 Å². The lowest BCUT2D eigenvalue weighted by Gasteiger charge is -2.38. The lowest BCUT2D eigenvalue weighted by molar-refractivity contribution is -0.137. The van der Waals surface area contributed by atoms with Crippen LogP contribution in [0.2, 0.25) is 10.0 Å². The second-order valence-electron chi connectivity index (χ2n) is 12.1. The van der Waals surface area contributed by atoms with Gasteiger partial charge >= 0.3 is 12.2 Å². The summed E-state index contributed by atoms with van der Waals surface area (Å²) in [6, 6.07) is 15.8. The zero-order valence-corrected chi connectivity index (χ0v) is 28.7. The number of aliphatic imine (C=N–C) groups is 1. The molecule has 2 unspecified atom stereocenters. The van der Waals surface area contributed by atoms with Crippen LogP contribution in [-0.2, 0) is 11.0 Å². The first kappa shape index (κ1) is 36.2. The molecular weight excluding hydrogens is 678 g/mol. The summed E-state index contributed by atoms with van der Waals surface area (Å²) >= 11 is 12.5. The highest BCUT2D eigenvalue weighted by Crippen LogP contribution is 2.46. The van der Waals surface area contributed by atoms with Crippen LogP contribution >= 0.6 is 23.2 Å². The second kappa shape index (κ2) is 15.7. The summed E-state index contributed by atoms with van der Waals surface area (Å²) in [7, 11) is 0. The first-order valence-corrected chi connectivity index (χ1v) is 16.8. The Morgan fingerprint density at radius 1 is 0.959 bits per heavy atom. The van der Waals surface area contributed by atoms with Crippen molar-refractivity contribution in [3.05, 3.63) is 111 Å². The maximum Gasteiger partial charge on any atom is 0.416 e. The van der Waals surface area contributed by atoms with Crippen molar-refractivity contribution in [1.82, 2.24) is 20.4 Å². The van der Waals surface area contributed by atoms with Crippen LogP contribution in [0, 0.1) is 0 Å². The highest BCUT2D eigenvalue weighted by molar-refractivity contribution is 6.30. The van der Waals surface area contributed by atoms with Gasteiger partial charge in [0.25, 0.3) is 0 Å². The minimum absolute atomic E-state index is 0.0136. The molecule has 13 heteroatoms. The third-order valence-electron chi connectivity index (χ3n) is 8.45. The molecule has 260 valence electrons. The van der Waals surface area contributed by atoms with E-state index in [1.165, 1.54) is 6.07 Å². The molecule has 0 saturated carbocycles. The Kier molecular flexibility index (Phi) is 11.6. The highest BCUT2D eigenvalue weighted by atomic mass is 35.5. The highest BCUT2D eigenvalue weighted by Gasteiger charge is 2.45. The Labute approximate surface area is 293 Å². The van der Waals surface area contributed by atoms with E-state index in [1.54, 1.807) is 41.0 Å². The number of urea groups is 1. The molecule has 2 aliphatic heterocycles. The maximum atomic E-state index is 14.7. The molecule has 49 heavy (non-hydrogen) atoms. The van der Waals surface area contributed by atoms with Gasteiger partial charge in [0, 0.05) is 35.7 Å². The number of carbonyl (C=O) groups is 2. The zero-order chi connectivity index (χ0) is 35.3.